The summed E-state index contributed by atoms with van der Waals surface area (Å²) in [6.45, 7) is 0.426. The molecule has 51 heavy (non-hydrogen) atoms. The van der Waals surface area contributed by atoms with Crippen molar-refractivity contribution in [1.82, 2.24) is 4.57 Å². The van der Waals surface area contributed by atoms with Gasteiger partial charge in [0.2, 0.25) is 0 Å². The van der Waals surface area contributed by atoms with Crippen LogP contribution in [0.5, 0.6) is 46.0 Å². The molecule has 1 heterocycles. The second-order valence-electron chi connectivity index (χ2n) is 11.5. The van der Waals surface area contributed by atoms with Crippen molar-refractivity contribution >= 4 is 5.97 Å². The number of hydrogen-bond acceptors (Lipinski definition) is 9. The Morgan fingerprint density at radius 3 is 1.55 bits per heavy atom. The Labute approximate surface area is 297 Å². The molecule has 0 amide bonds. The molecule has 0 aliphatic rings. The second kappa shape index (κ2) is 16.2. The van der Waals surface area contributed by atoms with Crippen LogP contribution in [0.2, 0.25) is 0 Å². The van der Waals surface area contributed by atoms with Crippen LogP contribution in [0.4, 0.5) is 0 Å². The number of ether oxygens (including phenoxy) is 8. The third kappa shape index (κ3) is 7.33. The summed E-state index contributed by atoms with van der Waals surface area (Å²) in [6, 6.07) is 22.1. The van der Waals surface area contributed by atoms with Crippen molar-refractivity contribution in [2.45, 2.75) is 18.9 Å². The molecule has 1 unspecified atom stereocenters. The summed E-state index contributed by atoms with van der Waals surface area (Å²) < 4.78 is 46.6. The molecule has 1 aromatic heterocycles. The predicted octanol–water partition coefficient (Wildman–Crippen LogP) is 7.35. The first kappa shape index (κ1) is 36.3. The van der Waals surface area contributed by atoms with Gasteiger partial charge in [-0.15, -0.1) is 0 Å². The summed E-state index contributed by atoms with van der Waals surface area (Å²) in [4.78, 5) is 13.6. The van der Waals surface area contributed by atoms with E-state index in [1.807, 2.05) is 65.4 Å². The van der Waals surface area contributed by atoms with Gasteiger partial charge in [0.15, 0.2) is 46.0 Å². The molecule has 1 N–H and O–H groups in total. The fraction of sp³-hybridized carbons (Fsp3) is 0.275. The second-order valence-corrected chi connectivity index (χ2v) is 11.5. The van der Waals surface area contributed by atoms with Crippen LogP contribution >= 0.6 is 0 Å². The first-order valence-electron chi connectivity index (χ1n) is 16.1. The van der Waals surface area contributed by atoms with Gasteiger partial charge in [0, 0.05) is 29.6 Å². The SMILES string of the molecule is COc1ccc(CCn2cc(-c3ccc(OC)c(OC)c3)c(-c3ccc(OC)c(OC)c3)c2C(C(=O)O)c2ccc(OC)c(OC)c2)cc1OC. The van der Waals surface area contributed by atoms with Crippen molar-refractivity contribution in [2.24, 2.45) is 0 Å². The van der Waals surface area contributed by atoms with E-state index >= 15 is 0 Å². The van der Waals surface area contributed by atoms with Crippen molar-refractivity contribution in [3.63, 3.8) is 0 Å². The van der Waals surface area contributed by atoms with E-state index in [9.17, 15) is 9.90 Å². The summed E-state index contributed by atoms with van der Waals surface area (Å²) >= 11 is 0. The van der Waals surface area contributed by atoms with E-state index in [1.165, 1.54) is 14.2 Å². The summed E-state index contributed by atoms with van der Waals surface area (Å²) in [5.41, 5.74) is 5.02. The number of aliphatic carboxylic acids is 1. The summed E-state index contributed by atoms with van der Waals surface area (Å²) in [5, 5.41) is 11.1. The standard InChI is InChI=1S/C40H43NO10/c1-44-29-13-9-24(19-33(29)48-5)17-18-41-23-28(25-10-14-30(45-2)34(20-25)49-6)37(26-11-15-31(46-3)35(21-26)50-7)39(41)38(40(42)43)27-12-16-32(47-4)36(22-27)51-8/h9-16,19-23,38H,17-18H2,1-8H3,(H,42,43). The summed E-state index contributed by atoms with van der Waals surface area (Å²) in [6.07, 6.45) is 2.54. The molecule has 0 saturated heterocycles. The Morgan fingerprint density at radius 2 is 1.02 bits per heavy atom. The van der Waals surface area contributed by atoms with Crippen molar-refractivity contribution in [3.8, 4) is 68.2 Å². The number of rotatable bonds is 16. The lowest BCUT2D eigenvalue weighted by atomic mass is 9.87. The highest BCUT2D eigenvalue weighted by atomic mass is 16.5. The number of hydrogen-bond donors (Lipinski definition) is 1. The molecule has 1 atom stereocenters. The first-order chi connectivity index (χ1) is 24.7. The van der Waals surface area contributed by atoms with Crippen LogP contribution in [0.25, 0.3) is 22.3 Å². The van der Waals surface area contributed by atoms with Crippen molar-refractivity contribution < 1.29 is 47.8 Å². The maximum Gasteiger partial charge on any atom is 0.317 e. The Morgan fingerprint density at radius 1 is 0.569 bits per heavy atom. The number of nitrogens with zero attached hydrogens (tertiary/aromatic N) is 1. The topological polar surface area (TPSA) is 116 Å². The zero-order chi connectivity index (χ0) is 36.7. The third-order valence-electron chi connectivity index (χ3n) is 8.84. The molecular weight excluding hydrogens is 654 g/mol. The molecule has 0 fully saturated rings. The van der Waals surface area contributed by atoms with Crippen LogP contribution in [-0.4, -0.2) is 72.5 Å². The van der Waals surface area contributed by atoms with Gasteiger partial charge in [0.1, 0.15) is 5.92 Å². The lowest BCUT2D eigenvalue weighted by Gasteiger charge is -2.21. The van der Waals surface area contributed by atoms with E-state index in [0.717, 1.165) is 22.3 Å². The van der Waals surface area contributed by atoms with Crippen molar-refractivity contribution in [2.75, 3.05) is 56.9 Å². The molecule has 11 heteroatoms. The van der Waals surface area contributed by atoms with E-state index < -0.39 is 11.9 Å². The molecule has 5 aromatic rings. The van der Waals surface area contributed by atoms with E-state index in [0.29, 0.717) is 75.8 Å². The Hall–Kier alpha value is -5.97. The predicted molar refractivity (Wildman–Crippen MR) is 194 cm³/mol. The van der Waals surface area contributed by atoms with Crippen LogP contribution < -0.4 is 37.9 Å². The Bertz CT molecular complexity index is 2000. The highest BCUT2D eigenvalue weighted by Gasteiger charge is 2.33. The molecule has 0 radical (unpaired) electrons. The number of carboxylic acid groups (broad SMARTS) is 1. The molecule has 268 valence electrons. The fourth-order valence-corrected chi connectivity index (χ4v) is 6.32. The number of carbonyl (C=O) groups is 1. The van der Waals surface area contributed by atoms with E-state index in [-0.39, 0.29) is 0 Å². The molecule has 11 nitrogen and oxygen atoms in total. The van der Waals surface area contributed by atoms with Gasteiger partial charge in [-0.1, -0.05) is 24.3 Å². The number of aromatic nitrogens is 1. The lowest BCUT2D eigenvalue weighted by molar-refractivity contribution is -0.137. The lowest BCUT2D eigenvalue weighted by Crippen LogP contribution is -2.19. The van der Waals surface area contributed by atoms with Gasteiger partial charge in [-0.25, -0.2) is 0 Å². The average molecular weight is 698 g/mol. The Balaban J connectivity index is 1.83. The average Bonchev–Trinajstić information content (AvgIpc) is 3.54. The van der Waals surface area contributed by atoms with Gasteiger partial charge in [0.05, 0.1) is 56.9 Å². The van der Waals surface area contributed by atoms with E-state index in [1.54, 1.807) is 60.9 Å². The third-order valence-corrected chi connectivity index (χ3v) is 8.84. The van der Waals surface area contributed by atoms with Crippen LogP contribution in [0, 0.1) is 0 Å². The highest BCUT2D eigenvalue weighted by Crippen LogP contribution is 2.46. The largest absolute Gasteiger partial charge is 0.493 e. The molecule has 0 bridgehead atoms. The molecular formula is C40H43NO10. The smallest absolute Gasteiger partial charge is 0.317 e. The van der Waals surface area contributed by atoms with Gasteiger partial charge in [0.25, 0.3) is 0 Å². The summed E-state index contributed by atoms with van der Waals surface area (Å²) in [7, 11) is 12.5. The monoisotopic (exact) mass is 697 g/mol. The molecule has 4 aromatic carbocycles. The molecule has 0 aliphatic heterocycles. The minimum Gasteiger partial charge on any atom is -0.493 e. The van der Waals surface area contributed by atoms with Gasteiger partial charge in [-0.2, -0.15) is 0 Å². The van der Waals surface area contributed by atoms with Crippen molar-refractivity contribution in [3.05, 3.63) is 95.8 Å². The molecule has 5 rings (SSSR count). The van der Waals surface area contributed by atoms with Crippen LogP contribution in [0.15, 0.2) is 79.0 Å². The molecule has 0 aliphatic carbocycles. The van der Waals surface area contributed by atoms with Gasteiger partial charge >= 0.3 is 5.97 Å². The number of methoxy groups -OCH3 is 8. The van der Waals surface area contributed by atoms with Crippen LogP contribution in [0.3, 0.4) is 0 Å². The minimum atomic E-state index is -1.13. The molecule has 0 saturated carbocycles. The van der Waals surface area contributed by atoms with E-state index in [4.69, 9.17) is 37.9 Å². The van der Waals surface area contributed by atoms with Crippen LogP contribution in [-0.2, 0) is 17.8 Å². The molecule has 0 spiro atoms. The summed E-state index contributed by atoms with van der Waals surface area (Å²) in [5.74, 6) is 2.08. The highest BCUT2D eigenvalue weighted by molar-refractivity contribution is 5.92. The Kier molecular flexibility index (Phi) is 11.5. The van der Waals surface area contributed by atoms with Gasteiger partial charge in [-0.3, -0.25) is 4.79 Å². The number of benzene rings is 4. The maximum absolute atomic E-state index is 13.6. The van der Waals surface area contributed by atoms with Gasteiger partial charge in [-0.05, 0) is 77.2 Å². The minimum absolute atomic E-state index is 0.414. The maximum atomic E-state index is 13.6. The fourth-order valence-electron chi connectivity index (χ4n) is 6.32. The normalized spacial score (nSPS) is 11.4. The number of aryl methyl sites for hydroxylation is 2. The quantitative estimate of drug-likeness (QED) is 0.112. The number of carboxylic acids is 1. The van der Waals surface area contributed by atoms with Gasteiger partial charge < -0.3 is 47.6 Å². The first-order valence-corrected chi connectivity index (χ1v) is 16.1. The van der Waals surface area contributed by atoms with E-state index in [2.05, 4.69) is 0 Å². The van der Waals surface area contributed by atoms with Crippen molar-refractivity contribution in [1.29, 1.82) is 0 Å². The zero-order valence-electron chi connectivity index (χ0n) is 30.1. The zero-order valence-corrected chi connectivity index (χ0v) is 30.1. The van der Waals surface area contributed by atoms with Crippen LogP contribution in [0.1, 0.15) is 22.7 Å².